The molecule has 4 heteroatoms. The van der Waals surface area contributed by atoms with E-state index in [4.69, 9.17) is 9.15 Å². The smallest absolute Gasteiger partial charge is 0.129 e. The summed E-state index contributed by atoms with van der Waals surface area (Å²) in [7, 11) is 0. The standard InChI is InChI=1S/C16H27NO3/c1-12-5-6-14(8-13(12)2)17-9-15(18)10-19-11-16-4-3-7-20-16/h3-4,7,12-15,17-18H,5-6,8-11H2,1-2H3. The Bertz CT molecular complexity index is 366. The summed E-state index contributed by atoms with van der Waals surface area (Å²) in [4.78, 5) is 0. The van der Waals surface area contributed by atoms with Crippen LogP contribution in [0, 0.1) is 11.8 Å². The molecule has 1 aliphatic carbocycles. The second kappa shape index (κ2) is 7.81. The van der Waals surface area contributed by atoms with Gasteiger partial charge in [0.05, 0.1) is 19.0 Å². The van der Waals surface area contributed by atoms with Gasteiger partial charge < -0.3 is 19.6 Å². The lowest BCUT2D eigenvalue weighted by Crippen LogP contribution is -2.41. The van der Waals surface area contributed by atoms with Crippen molar-refractivity contribution in [2.24, 2.45) is 11.8 Å². The van der Waals surface area contributed by atoms with Gasteiger partial charge >= 0.3 is 0 Å². The van der Waals surface area contributed by atoms with Crippen LogP contribution in [0.25, 0.3) is 0 Å². The van der Waals surface area contributed by atoms with Crippen LogP contribution in [-0.4, -0.2) is 30.4 Å². The highest BCUT2D eigenvalue weighted by Gasteiger charge is 2.24. The van der Waals surface area contributed by atoms with Gasteiger partial charge in [-0.2, -0.15) is 0 Å². The minimum absolute atomic E-state index is 0.340. The van der Waals surface area contributed by atoms with E-state index in [1.165, 1.54) is 19.3 Å². The number of nitrogens with one attached hydrogen (secondary N) is 1. The van der Waals surface area contributed by atoms with Gasteiger partial charge in [0.2, 0.25) is 0 Å². The molecule has 0 bridgehead atoms. The molecule has 4 unspecified atom stereocenters. The van der Waals surface area contributed by atoms with Crippen molar-refractivity contribution in [1.82, 2.24) is 5.32 Å². The van der Waals surface area contributed by atoms with E-state index in [1.54, 1.807) is 6.26 Å². The van der Waals surface area contributed by atoms with E-state index in [9.17, 15) is 5.11 Å². The third kappa shape index (κ3) is 4.93. The molecular weight excluding hydrogens is 254 g/mol. The molecule has 0 spiro atoms. The predicted octanol–water partition coefficient (Wildman–Crippen LogP) is 2.57. The maximum absolute atomic E-state index is 9.91. The molecule has 0 saturated heterocycles. The van der Waals surface area contributed by atoms with Crippen LogP contribution >= 0.6 is 0 Å². The number of hydrogen-bond donors (Lipinski definition) is 2. The van der Waals surface area contributed by atoms with Gasteiger partial charge in [-0.25, -0.2) is 0 Å². The van der Waals surface area contributed by atoms with Gasteiger partial charge in [0.1, 0.15) is 12.4 Å². The maximum Gasteiger partial charge on any atom is 0.129 e. The van der Waals surface area contributed by atoms with Gasteiger partial charge in [0.15, 0.2) is 0 Å². The third-order valence-electron chi connectivity index (χ3n) is 4.37. The zero-order valence-electron chi connectivity index (χ0n) is 12.5. The number of furan rings is 1. The summed E-state index contributed by atoms with van der Waals surface area (Å²) in [5.41, 5.74) is 0. The van der Waals surface area contributed by atoms with Crippen LogP contribution in [0.2, 0.25) is 0 Å². The lowest BCUT2D eigenvalue weighted by atomic mass is 9.79. The summed E-state index contributed by atoms with van der Waals surface area (Å²) < 4.78 is 10.6. The zero-order chi connectivity index (χ0) is 14.4. The van der Waals surface area contributed by atoms with Gasteiger partial charge in [-0.05, 0) is 43.2 Å². The molecule has 0 amide bonds. The Kier molecular flexibility index (Phi) is 6.07. The first-order chi connectivity index (χ1) is 9.65. The van der Waals surface area contributed by atoms with Crippen LogP contribution < -0.4 is 5.32 Å². The first kappa shape index (κ1) is 15.5. The summed E-state index contributed by atoms with van der Waals surface area (Å²) >= 11 is 0. The molecule has 2 N–H and O–H groups in total. The fourth-order valence-electron chi connectivity index (χ4n) is 2.78. The van der Waals surface area contributed by atoms with Gasteiger partial charge in [-0.3, -0.25) is 0 Å². The molecule has 2 rings (SSSR count). The average molecular weight is 281 g/mol. The van der Waals surface area contributed by atoms with E-state index in [0.717, 1.165) is 17.6 Å². The molecule has 4 atom stereocenters. The van der Waals surface area contributed by atoms with E-state index in [2.05, 4.69) is 19.2 Å². The molecule has 1 heterocycles. The first-order valence-corrected chi connectivity index (χ1v) is 7.66. The molecule has 1 fully saturated rings. The van der Waals surface area contributed by atoms with E-state index in [1.807, 2.05) is 12.1 Å². The fourth-order valence-corrected chi connectivity index (χ4v) is 2.78. The Morgan fingerprint density at radius 2 is 2.25 bits per heavy atom. The van der Waals surface area contributed by atoms with Crippen molar-refractivity contribution < 1.29 is 14.3 Å². The Balaban J connectivity index is 1.57. The maximum atomic E-state index is 9.91. The number of rotatable bonds is 7. The van der Waals surface area contributed by atoms with Crippen molar-refractivity contribution in [3.05, 3.63) is 24.2 Å². The molecule has 0 radical (unpaired) electrons. The van der Waals surface area contributed by atoms with E-state index in [0.29, 0.717) is 25.8 Å². The van der Waals surface area contributed by atoms with Crippen molar-refractivity contribution in [2.75, 3.05) is 13.2 Å². The Hall–Kier alpha value is -0.840. The SMILES string of the molecule is CC1CCC(NCC(O)COCc2ccco2)CC1C. The van der Waals surface area contributed by atoms with Gasteiger partial charge in [0.25, 0.3) is 0 Å². The predicted molar refractivity (Wildman–Crippen MR) is 78.3 cm³/mol. The summed E-state index contributed by atoms with van der Waals surface area (Å²) in [6, 6.07) is 4.25. The minimum atomic E-state index is -0.459. The highest BCUT2D eigenvalue weighted by atomic mass is 16.5. The van der Waals surface area contributed by atoms with Crippen molar-refractivity contribution in [3.8, 4) is 0 Å². The number of hydrogen-bond acceptors (Lipinski definition) is 4. The van der Waals surface area contributed by atoms with E-state index in [-0.39, 0.29) is 0 Å². The van der Waals surface area contributed by atoms with E-state index < -0.39 is 6.10 Å². The van der Waals surface area contributed by atoms with Crippen LogP contribution in [0.5, 0.6) is 0 Å². The molecule has 1 aliphatic rings. The lowest BCUT2D eigenvalue weighted by Gasteiger charge is -2.33. The second-order valence-corrected chi connectivity index (χ2v) is 6.12. The Morgan fingerprint density at radius 1 is 1.40 bits per heavy atom. The quantitative estimate of drug-likeness (QED) is 0.806. The monoisotopic (exact) mass is 281 g/mol. The van der Waals surface area contributed by atoms with Crippen molar-refractivity contribution in [2.45, 2.75) is 51.9 Å². The minimum Gasteiger partial charge on any atom is -0.467 e. The molecule has 0 aliphatic heterocycles. The molecule has 1 aromatic heterocycles. The fraction of sp³-hybridized carbons (Fsp3) is 0.750. The van der Waals surface area contributed by atoms with Crippen molar-refractivity contribution in [1.29, 1.82) is 0 Å². The molecule has 0 aromatic carbocycles. The molecule has 1 saturated carbocycles. The number of ether oxygens (including phenoxy) is 1. The molecule has 20 heavy (non-hydrogen) atoms. The second-order valence-electron chi connectivity index (χ2n) is 6.12. The highest BCUT2D eigenvalue weighted by Crippen LogP contribution is 2.29. The first-order valence-electron chi connectivity index (χ1n) is 7.66. The van der Waals surface area contributed by atoms with Gasteiger partial charge in [-0.1, -0.05) is 13.8 Å². The van der Waals surface area contributed by atoms with Crippen molar-refractivity contribution >= 4 is 0 Å². The molecular formula is C16H27NO3. The molecule has 1 aromatic rings. The van der Waals surface area contributed by atoms with Crippen LogP contribution in [0.15, 0.2) is 22.8 Å². The summed E-state index contributed by atoms with van der Waals surface area (Å²) in [5, 5.41) is 13.4. The average Bonchev–Trinajstić information content (AvgIpc) is 2.93. The Labute approximate surface area is 121 Å². The van der Waals surface area contributed by atoms with Crippen LogP contribution in [0.3, 0.4) is 0 Å². The van der Waals surface area contributed by atoms with Crippen LogP contribution in [0.4, 0.5) is 0 Å². The van der Waals surface area contributed by atoms with Gasteiger partial charge in [-0.15, -0.1) is 0 Å². The summed E-state index contributed by atoms with van der Waals surface area (Å²) in [5.74, 6) is 2.39. The lowest BCUT2D eigenvalue weighted by molar-refractivity contribution is 0.0203. The topological polar surface area (TPSA) is 54.6 Å². The van der Waals surface area contributed by atoms with E-state index >= 15 is 0 Å². The van der Waals surface area contributed by atoms with Crippen LogP contribution in [-0.2, 0) is 11.3 Å². The van der Waals surface area contributed by atoms with Crippen LogP contribution in [0.1, 0.15) is 38.9 Å². The Morgan fingerprint density at radius 3 is 2.95 bits per heavy atom. The number of aliphatic hydroxyl groups is 1. The zero-order valence-corrected chi connectivity index (χ0v) is 12.5. The van der Waals surface area contributed by atoms with Crippen molar-refractivity contribution in [3.63, 3.8) is 0 Å². The number of aliphatic hydroxyl groups excluding tert-OH is 1. The summed E-state index contributed by atoms with van der Waals surface area (Å²) in [6.45, 7) is 6.01. The summed E-state index contributed by atoms with van der Waals surface area (Å²) in [6.07, 6.45) is 4.87. The normalized spacial score (nSPS) is 28.4. The third-order valence-corrected chi connectivity index (χ3v) is 4.37. The van der Waals surface area contributed by atoms with Gasteiger partial charge in [0, 0.05) is 12.6 Å². The molecule has 114 valence electrons. The highest BCUT2D eigenvalue weighted by molar-refractivity contribution is 4.96. The molecule has 4 nitrogen and oxygen atoms in total. The largest absolute Gasteiger partial charge is 0.467 e.